The van der Waals surface area contributed by atoms with Gasteiger partial charge in [0.05, 0.1) is 6.10 Å². The van der Waals surface area contributed by atoms with E-state index in [1.165, 1.54) is 0 Å². The van der Waals surface area contributed by atoms with Gasteiger partial charge in [-0.3, -0.25) is 4.79 Å². The highest BCUT2D eigenvalue weighted by Crippen LogP contribution is 2.12. The van der Waals surface area contributed by atoms with Crippen LogP contribution in [0, 0.1) is 5.92 Å². The predicted molar refractivity (Wildman–Crippen MR) is 62.6 cm³/mol. The Hall–Kier alpha value is -0.570. The maximum Gasteiger partial charge on any atom is 0.225 e. The van der Waals surface area contributed by atoms with Crippen LogP contribution in [0.5, 0.6) is 0 Å². The second kappa shape index (κ2) is 6.83. The van der Waals surface area contributed by atoms with Crippen LogP contribution in [0.1, 0.15) is 47.5 Å². The van der Waals surface area contributed by atoms with Crippen LogP contribution < -0.4 is 0 Å². The van der Waals surface area contributed by atoms with E-state index in [0.717, 1.165) is 12.8 Å². The van der Waals surface area contributed by atoms with Crippen molar-refractivity contribution in [3.05, 3.63) is 0 Å². The maximum atomic E-state index is 12.0. The van der Waals surface area contributed by atoms with Crippen LogP contribution in [0.15, 0.2) is 0 Å². The van der Waals surface area contributed by atoms with Gasteiger partial charge in [-0.2, -0.15) is 0 Å². The molecule has 15 heavy (non-hydrogen) atoms. The van der Waals surface area contributed by atoms with Gasteiger partial charge in [-0.25, -0.2) is 0 Å². The van der Waals surface area contributed by atoms with Crippen LogP contribution in [0.2, 0.25) is 0 Å². The number of carbonyl (C=O) groups is 1. The highest BCUT2D eigenvalue weighted by Gasteiger charge is 2.22. The molecule has 0 radical (unpaired) electrons. The molecule has 2 unspecified atom stereocenters. The molecule has 0 saturated carbocycles. The molecule has 0 heterocycles. The Kier molecular flexibility index (Phi) is 6.57. The molecule has 3 heteroatoms. The number of nitrogens with zero attached hydrogens (tertiary/aromatic N) is 1. The van der Waals surface area contributed by atoms with Crippen LogP contribution in [0.3, 0.4) is 0 Å². The predicted octanol–water partition coefficient (Wildman–Crippen LogP) is 2.04. The quantitative estimate of drug-likeness (QED) is 0.736. The third-order valence-electron chi connectivity index (χ3n) is 2.51. The largest absolute Gasteiger partial charge is 0.392 e. The molecule has 0 fully saturated rings. The third-order valence-corrected chi connectivity index (χ3v) is 2.51. The second-order valence-corrected chi connectivity index (χ2v) is 4.62. The molecule has 90 valence electrons. The van der Waals surface area contributed by atoms with Crippen molar-refractivity contribution >= 4 is 5.91 Å². The molecule has 0 aliphatic heterocycles. The van der Waals surface area contributed by atoms with Gasteiger partial charge >= 0.3 is 0 Å². The van der Waals surface area contributed by atoms with E-state index in [9.17, 15) is 9.90 Å². The summed E-state index contributed by atoms with van der Waals surface area (Å²) in [5.41, 5.74) is 0. The molecule has 0 rings (SSSR count). The molecule has 0 aromatic carbocycles. The Balaban J connectivity index is 4.41. The van der Waals surface area contributed by atoms with E-state index in [2.05, 4.69) is 6.92 Å². The Bertz CT molecular complexity index is 190. The summed E-state index contributed by atoms with van der Waals surface area (Å²) in [5, 5.41) is 9.34. The van der Waals surface area contributed by atoms with Gasteiger partial charge in [-0.05, 0) is 27.2 Å². The first-order chi connectivity index (χ1) is 6.90. The van der Waals surface area contributed by atoms with Crippen molar-refractivity contribution in [1.82, 2.24) is 4.90 Å². The summed E-state index contributed by atoms with van der Waals surface area (Å²) >= 11 is 0. The minimum atomic E-state index is -0.454. The Morgan fingerprint density at radius 2 is 1.80 bits per heavy atom. The van der Waals surface area contributed by atoms with Gasteiger partial charge in [0, 0.05) is 18.5 Å². The molecule has 3 nitrogen and oxygen atoms in total. The van der Waals surface area contributed by atoms with E-state index in [-0.39, 0.29) is 17.9 Å². The van der Waals surface area contributed by atoms with Crippen molar-refractivity contribution in [3.8, 4) is 0 Å². The van der Waals surface area contributed by atoms with Crippen LogP contribution in [-0.2, 0) is 4.79 Å². The van der Waals surface area contributed by atoms with Gasteiger partial charge < -0.3 is 10.0 Å². The third kappa shape index (κ3) is 5.17. The number of hydrogen-bond acceptors (Lipinski definition) is 2. The van der Waals surface area contributed by atoms with Crippen molar-refractivity contribution in [3.63, 3.8) is 0 Å². The van der Waals surface area contributed by atoms with Gasteiger partial charge in [0.25, 0.3) is 0 Å². The summed E-state index contributed by atoms with van der Waals surface area (Å²) < 4.78 is 0. The molecule has 0 aromatic rings. The lowest BCUT2D eigenvalue weighted by Crippen LogP contribution is -2.43. The maximum absolute atomic E-state index is 12.0. The summed E-state index contributed by atoms with van der Waals surface area (Å²) in [6.07, 6.45) is 1.49. The molecule has 0 aromatic heterocycles. The molecule has 0 aliphatic carbocycles. The first kappa shape index (κ1) is 14.4. The van der Waals surface area contributed by atoms with Crippen LogP contribution in [0.25, 0.3) is 0 Å². The van der Waals surface area contributed by atoms with Crippen molar-refractivity contribution in [2.24, 2.45) is 5.92 Å². The second-order valence-electron chi connectivity index (χ2n) is 4.62. The fraction of sp³-hybridized carbons (Fsp3) is 0.917. The standard InChI is InChI=1S/C12H25NO2/c1-6-7-10(4)12(15)13(9(2)3)8-11(5)14/h9-11,14H,6-8H2,1-5H3. The number of rotatable bonds is 6. The zero-order chi connectivity index (χ0) is 12.0. The first-order valence-corrected chi connectivity index (χ1v) is 5.88. The van der Waals surface area contributed by atoms with E-state index < -0.39 is 6.10 Å². The smallest absolute Gasteiger partial charge is 0.225 e. The summed E-state index contributed by atoms with van der Waals surface area (Å²) in [6.45, 7) is 10.2. The van der Waals surface area contributed by atoms with Crippen LogP contribution in [0.4, 0.5) is 0 Å². The minimum Gasteiger partial charge on any atom is -0.392 e. The summed E-state index contributed by atoms with van der Waals surface area (Å²) in [6, 6.07) is 0.159. The molecule has 0 spiro atoms. The van der Waals surface area contributed by atoms with Crippen molar-refractivity contribution in [2.45, 2.75) is 59.6 Å². The lowest BCUT2D eigenvalue weighted by Gasteiger charge is -2.30. The van der Waals surface area contributed by atoms with Crippen LogP contribution in [-0.4, -0.2) is 34.6 Å². The molecule has 0 aliphatic rings. The van der Waals surface area contributed by atoms with Crippen LogP contribution >= 0.6 is 0 Å². The van der Waals surface area contributed by atoms with E-state index in [0.29, 0.717) is 6.54 Å². The molecule has 1 amide bonds. The monoisotopic (exact) mass is 215 g/mol. The van der Waals surface area contributed by atoms with E-state index in [1.54, 1.807) is 11.8 Å². The molecule has 0 bridgehead atoms. The number of carbonyl (C=O) groups excluding carboxylic acids is 1. The Morgan fingerprint density at radius 3 is 2.13 bits per heavy atom. The van der Waals surface area contributed by atoms with Gasteiger partial charge in [-0.15, -0.1) is 0 Å². The number of aliphatic hydroxyl groups excluding tert-OH is 1. The lowest BCUT2D eigenvalue weighted by molar-refractivity contribution is -0.138. The molecule has 1 N–H and O–H groups in total. The Labute approximate surface area is 93.5 Å². The SMILES string of the molecule is CCCC(C)C(=O)N(CC(C)O)C(C)C. The normalized spacial score (nSPS) is 15.1. The highest BCUT2D eigenvalue weighted by atomic mass is 16.3. The van der Waals surface area contributed by atoms with Crippen molar-refractivity contribution < 1.29 is 9.90 Å². The number of amides is 1. The van der Waals surface area contributed by atoms with Gasteiger partial charge in [-0.1, -0.05) is 20.3 Å². The zero-order valence-corrected chi connectivity index (χ0v) is 10.7. The average molecular weight is 215 g/mol. The van der Waals surface area contributed by atoms with Crippen molar-refractivity contribution in [1.29, 1.82) is 0 Å². The average Bonchev–Trinajstić information content (AvgIpc) is 2.12. The van der Waals surface area contributed by atoms with E-state index in [4.69, 9.17) is 0 Å². The highest BCUT2D eigenvalue weighted by molar-refractivity contribution is 5.78. The first-order valence-electron chi connectivity index (χ1n) is 5.88. The number of hydrogen-bond donors (Lipinski definition) is 1. The summed E-state index contributed by atoms with van der Waals surface area (Å²) in [5.74, 6) is 0.226. The zero-order valence-electron chi connectivity index (χ0n) is 10.7. The number of aliphatic hydroxyl groups is 1. The van der Waals surface area contributed by atoms with E-state index >= 15 is 0 Å². The Morgan fingerprint density at radius 1 is 1.27 bits per heavy atom. The van der Waals surface area contributed by atoms with Crippen molar-refractivity contribution in [2.75, 3.05) is 6.54 Å². The van der Waals surface area contributed by atoms with Gasteiger partial charge in [0.2, 0.25) is 5.91 Å². The summed E-state index contributed by atoms with van der Waals surface area (Å²) in [4.78, 5) is 13.8. The summed E-state index contributed by atoms with van der Waals surface area (Å²) in [7, 11) is 0. The van der Waals surface area contributed by atoms with Gasteiger partial charge in [0.1, 0.15) is 0 Å². The fourth-order valence-electron chi connectivity index (χ4n) is 1.68. The lowest BCUT2D eigenvalue weighted by atomic mass is 10.0. The molecular weight excluding hydrogens is 190 g/mol. The molecule has 0 saturated heterocycles. The molecule has 2 atom stereocenters. The fourth-order valence-corrected chi connectivity index (χ4v) is 1.68. The molecular formula is C12H25NO2. The minimum absolute atomic E-state index is 0.0659. The van der Waals surface area contributed by atoms with Gasteiger partial charge in [0.15, 0.2) is 0 Å². The topological polar surface area (TPSA) is 40.5 Å². The van der Waals surface area contributed by atoms with E-state index in [1.807, 2.05) is 20.8 Å².